The Labute approximate surface area is 131 Å². The average Bonchev–Trinajstić information content (AvgIpc) is 3.07. The summed E-state index contributed by atoms with van der Waals surface area (Å²) in [6.07, 6.45) is 15.7. The number of pyridine rings is 1. The molecular formula is C18H22N4. The molecule has 4 rings (SSSR count). The van der Waals surface area contributed by atoms with Crippen LogP contribution in [-0.2, 0) is 13.5 Å². The Hall–Kier alpha value is -2.10. The number of hydrogen-bond donors (Lipinski definition) is 0. The van der Waals surface area contributed by atoms with E-state index in [4.69, 9.17) is 0 Å². The largest absolute Gasteiger partial charge is 0.374 e. The molecule has 1 saturated carbocycles. The fourth-order valence-electron chi connectivity index (χ4n) is 3.36. The molecule has 0 aromatic carbocycles. The highest BCUT2D eigenvalue weighted by Gasteiger charge is 2.27. The molecule has 2 aliphatic rings. The normalized spacial score (nSPS) is 21.3. The van der Waals surface area contributed by atoms with Crippen LogP contribution in [0.25, 0.3) is 11.3 Å². The van der Waals surface area contributed by atoms with Crippen molar-refractivity contribution in [1.29, 1.82) is 0 Å². The van der Waals surface area contributed by atoms with Crippen LogP contribution in [0.2, 0.25) is 0 Å². The lowest BCUT2D eigenvalue weighted by atomic mass is 9.91. The van der Waals surface area contributed by atoms with E-state index in [-0.39, 0.29) is 0 Å². The summed E-state index contributed by atoms with van der Waals surface area (Å²) in [5, 5.41) is 4.23. The smallest absolute Gasteiger partial charge is 0.0736 e. The van der Waals surface area contributed by atoms with Crippen LogP contribution in [0.5, 0.6) is 0 Å². The van der Waals surface area contributed by atoms with Crippen LogP contribution in [0.15, 0.2) is 43.0 Å². The van der Waals surface area contributed by atoms with Crippen molar-refractivity contribution in [3.63, 3.8) is 0 Å². The zero-order valence-corrected chi connectivity index (χ0v) is 13.0. The second kappa shape index (κ2) is 5.59. The second-order valence-electron chi connectivity index (χ2n) is 6.54. The van der Waals surface area contributed by atoms with E-state index >= 15 is 0 Å². The minimum absolute atomic E-state index is 0.629. The summed E-state index contributed by atoms with van der Waals surface area (Å²) in [5.41, 5.74) is 3.46. The minimum atomic E-state index is 0.629. The maximum atomic E-state index is 4.48. The van der Waals surface area contributed by atoms with Gasteiger partial charge >= 0.3 is 0 Å². The zero-order chi connectivity index (χ0) is 14.9. The first-order chi connectivity index (χ1) is 10.8. The first-order valence-corrected chi connectivity index (χ1v) is 8.16. The Morgan fingerprint density at radius 3 is 2.95 bits per heavy atom. The van der Waals surface area contributed by atoms with E-state index in [9.17, 15) is 0 Å². The van der Waals surface area contributed by atoms with Crippen molar-refractivity contribution in [3.8, 4) is 11.3 Å². The van der Waals surface area contributed by atoms with E-state index in [0.717, 1.165) is 23.7 Å². The summed E-state index contributed by atoms with van der Waals surface area (Å²) >= 11 is 0. The van der Waals surface area contributed by atoms with Gasteiger partial charge in [-0.1, -0.05) is 6.08 Å². The quantitative estimate of drug-likeness (QED) is 0.869. The SMILES string of the molecule is Cn1cc(-c2cc(CC3C=CN(C4CCC4)C3)ccn2)cn1. The lowest BCUT2D eigenvalue weighted by Gasteiger charge is -2.35. The molecule has 0 radical (unpaired) electrons. The molecule has 0 N–H and O–H groups in total. The van der Waals surface area contributed by atoms with E-state index < -0.39 is 0 Å². The molecule has 4 nitrogen and oxygen atoms in total. The van der Waals surface area contributed by atoms with Gasteiger partial charge in [-0.05, 0) is 49.6 Å². The average molecular weight is 294 g/mol. The van der Waals surface area contributed by atoms with E-state index in [2.05, 4.69) is 39.4 Å². The van der Waals surface area contributed by atoms with Crippen LogP contribution < -0.4 is 0 Å². The van der Waals surface area contributed by atoms with Gasteiger partial charge in [-0.15, -0.1) is 0 Å². The van der Waals surface area contributed by atoms with Gasteiger partial charge in [0.2, 0.25) is 0 Å². The van der Waals surface area contributed by atoms with Gasteiger partial charge in [0, 0.05) is 43.5 Å². The van der Waals surface area contributed by atoms with Crippen LogP contribution in [0, 0.1) is 5.92 Å². The van der Waals surface area contributed by atoms with Gasteiger partial charge in [-0.3, -0.25) is 9.67 Å². The summed E-state index contributed by atoms with van der Waals surface area (Å²) in [6, 6.07) is 5.15. The van der Waals surface area contributed by atoms with Gasteiger partial charge in [0.1, 0.15) is 0 Å². The Bertz CT molecular complexity index is 684. The van der Waals surface area contributed by atoms with Crippen LogP contribution >= 0.6 is 0 Å². The summed E-state index contributed by atoms with van der Waals surface area (Å²) in [7, 11) is 1.94. The fourth-order valence-corrected chi connectivity index (χ4v) is 3.36. The first kappa shape index (κ1) is 13.6. The number of aryl methyl sites for hydroxylation is 1. The van der Waals surface area contributed by atoms with Gasteiger partial charge in [0.15, 0.2) is 0 Å². The molecule has 1 atom stereocenters. The van der Waals surface area contributed by atoms with Gasteiger partial charge in [0.25, 0.3) is 0 Å². The highest BCUT2D eigenvalue weighted by molar-refractivity contribution is 5.57. The standard InChI is InChI=1S/C18H22N4/c1-21-13-16(11-20-21)18-10-14(5-7-19-18)9-15-6-8-22(12-15)17-3-2-4-17/h5-8,10-11,13,15,17H,2-4,9,12H2,1H3. The van der Waals surface area contributed by atoms with E-state index in [1.165, 1.54) is 31.4 Å². The van der Waals surface area contributed by atoms with Crippen molar-refractivity contribution in [2.45, 2.75) is 31.7 Å². The van der Waals surface area contributed by atoms with Crippen molar-refractivity contribution in [2.24, 2.45) is 13.0 Å². The van der Waals surface area contributed by atoms with Crippen molar-refractivity contribution in [2.75, 3.05) is 6.54 Å². The minimum Gasteiger partial charge on any atom is -0.374 e. The third-order valence-electron chi connectivity index (χ3n) is 4.86. The summed E-state index contributed by atoms with van der Waals surface area (Å²) < 4.78 is 1.82. The Balaban J connectivity index is 1.44. The fraction of sp³-hybridized carbons (Fsp3) is 0.444. The third-order valence-corrected chi connectivity index (χ3v) is 4.86. The number of aromatic nitrogens is 3. The predicted molar refractivity (Wildman–Crippen MR) is 87.1 cm³/mol. The number of rotatable bonds is 4. The Morgan fingerprint density at radius 1 is 1.32 bits per heavy atom. The molecule has 1 aliphatic carbocycles. The van der Waals surface area contributed by atoms with Crippen molar-refractivity contribution < 1.29 is 0 Å². The highest BCUT2D eigenvalue weighted by atomic mass is 15.2. The van der Waals surface area contributed by atoms with E-state index in [1.54, 1.807) is 0 Å². The molecule has 0 spiro atoms. The van der Waals surface area contributed by atoms with E-state index in [0.29, 0.717) is 5.92 Å². The number of hydrogen-bond acceptors (Lipinski definition) is 3. The van der Waals surface area contributed by atoms with Crippen LogP contribution in [-0.4, -0.2) is 32.3 Å². The highest BCUT2D eigenvalue weighted by Crippen LogP contribution is 2.30. The molecule has 114 valence electrons. The Morgan fingerprint density at radius 2 is 2.23 bits per heavy atom. The molecule has 0 saturated heterocycles. The lowest BCUT2D eigenvalue weighted by Crippen LogP contribution is -2.36. The summed E-state index contributed by atoms with van der Waals surface area (Å²) in [5.74, 6) is 0.629. The monoisotopic (exact) mass is 294 g/mol. The third kappa shape index (κ3) is 2.65. The maximum absolute atomic E-state index is 4.48. The Kier molecular flexibility index (Phi) is 3.45. The molecule has 2 aromatic heterocycles. The second-order valence-corrected chi connectivity index (χ2v) is 6.54. The molecule has 1 unspecified atom stereocenters. The first-order valence-electron chi connectivity index (χ1n) is 8.16. The maximum Gasteiger partial charge on any atom is 0.0736 e. The van der Waals surface area contributed by atoms with Gasteiger partial charge in [-0.25, -0.2) is 0 Å². The molecule has 22 heavy (non-hydrogen) atoms. The lowest BCUT2D eigenvalue weighted by molar-refractivity contribution is 0.185. The van der Waals surface area contributed by atoms with Crippen molar-refractivity contribution in [1.82, 2.24) is 19.7 Å². The molecule has 2 aromatic rings. The molecule has 3 heterocycles. The van der Waals surface area contributed by atoms with Crippen molar-refractivity contribution in [3.05, 3.63) is 48.6 Å². The topological polar surface area (TPSA) is 34.0 Å². The zero-order valence-electron chi connectivity index (χ0n) is 13.0. The molecule has 0 bridgehead atoms. The van der Waals surface area contributed by atoms with Crippen LogP contribution in [0.4, 0.5) is 0 Å². The van der Waals surface area contributed by atoms with Gasteiger partial charge in [-0.2, -0.15) is 5.10 Å². The molecule has 1 fully saturated rings. The van der Waals surface area contributed by atoms with Crippen molar-refractivity contribution >= 4 is 0 Å². The number of nitrogens with zero attached hydrogens (tertiary/aromatic N) is 4. The molecule has 4 heteroatoms. The van der Waals surface area contributed by atoms with Gasteiger partial charge < -0.3 is 4.90 Å². The molecule has 0 amide bonds. The summed E-state index contributed by atoms with van der Waals surface area (Å²) in [6.45, 7) is 1.18. The van der Waals surface area contributed by atoms with E-state index in [1.807, 2.05) is 30.3 Å². The van der Waals surface area contributed by atoms with Gasteiger partial charge in [0.05, 0.1) is 11.9 Å². The summed E-state index contributed by atoms with van der Waals surface area (Å²) in [4.78, 5) is 7.02. The molecule has 1 aliphatic heterocycles. The predicted octanol–water partition coefficient (Wildman–Crippen LogP) is 3.02. The van der Waals surface area contributed by atoms with Crippen LogP contribution in [0.3, 0.4) is 0 Å². The molecular weight excluding hydrogens is 272 g/mol. The van der Waals surface area contributed by atoms with Crippen LogP contribution in [0.1, 0.15) is 24.8 Å².